The van der Waals surface area contributed by atoms with Gasteiger partial charge in [-0.1, -0.05) is 59.5 Å². The Bertz CT molecular complexity index is 977. The van der Waals surface area contributed by atoms with Crippen LogP contribution in [0.3, 0.4) is 0 Å². The standard InChI is InChI=1S/C23H26N4O2S2/c1-2-29-15-7-14-24-22-25-26-23(31-22)30-16-21(28)27-19-10-5-3-8-17(19)12-13-18-9-4-6-11-20(18)27/h3-6,8-11H,2,7,12-16H2,1H3,(H,24,25). The minimum Gasteiger partial charge on any atom is -0.382 e. The Morgan fingerprint density at radius 1 is 1.10 bits per heavy atom. The Morgan fingerprint density at radius 3 is 2.45 bits per heavy atom. The van der Waals surface area contributed by atoms with Gasteiger partial charge in [-0.3, -0.25) is 9.69 Å². The first kappa shape index (κ1) is 21.8. The highest BCUT2D eigenvalue weighted by atomic mass is 32.2. The van der Waals surface area contributed by atoms with E-state index in [1.54, 1.807) is 0 Å². The van der Waals surface area contributed by atoms with Crippen molar-refractivity contribution in [3.63, 3.8) is 0 Å². The van der Waals surface area contributed by atoms with Gasteiger partial charge in [-0.2, -0.15) is 0 Å². The van der Waals surface area contributed by atoms with Crippen LogP contribution in [0.15, 0.2) is 52.9 Å². The fourth-order valence-corrected chi connectivity index (χ4v) is 5.22. The lowest BCUT2D eigenvalue weighted by Gasteiger charge is -2.24. The first-order valence-electron chi connectivity index (χ1n) is 10.5. The van der Waals surface area contributed by atoms with Crippen LogP contribution in [0.4, 0.5) is 16.5 Å². The van der Waals surface area contributed by atoms with Gasteiger partial charge in [0.2, 0.25) is 11.0 Å². The smallest absolute Gasteiger partial charge is 0.242 e. The predicted molar refractivity (Wildman–Crippen MR) is 128 cm³/mol. The van der Waals surface area contributed by atoms with Crippen molar-refractivity contribution in [3.8, 4) is 0 Å². The normalized spacial score (nSPS) is 12.7. The number of amides is 1. The molecule has 0 saturated carbocycles. The molecule has 0 radical (unpaired) electrons. The zero-order valence-corrected chi connectivity index (χ0v) is 19.2. The molecule has 8 heteroatoms. The van der Waals surface area contributed by atoms with E-state index in [2.05, 4.69) is 27.6 Å². The van der Waals surface area contributed by atoms with Crippen molar-refractivity contribution < 1.29 is 9.53 Å². The molecule has 0 aliphatic carbocycles. The van der Waals surface area contributed by atoms with E-state index in [9.17, 15) is 4.79 Å². The second-order valence-electron chi connectivity index (χ2n) is 7.13. The lowest BCUT2D eigenvalue weighted by Crippen LogP contribution is -2.28. The van der Waals surface area contributed by atoms with Gasteiger partial charge in [0.1, 0.15) is 0 Å². The van der Waals surface area contributed by atoms with Crippen molar-refractivity contribution in [2.24, 2.45) is 0 Å². The van der Waals surface area contributed by atoms with Gasteiger partial charge in [-0.25, -0.2) is 0 Å². The molecular weight excluding hydrogens is 428 g/mol. The van der Waals surface area contributed by atoms with Crippen molar-refractivity contribution in [1.29, 1.82) is 0 Å². The summed E-state index contributed by atoms with van der Waals surface area (Å²) in [4.78, 5) is 15.2. The maximum Gasteiger partial charge on any atom is 0.242 e. The third kappa shape index (κ3) is 5.44. The topological polar surface area (TPSA) is 67.3 Å². The molecule has 31 heavy (non-hydrogen) atoms. The molecule has 2 heterocycles. The Balaban J connectivity index is 1.42. The van der Waals surface area contributed by atoms with Gasteiger partial charge >= 0.3 is 0 Å². The molecule has 2 aromatic carbocycles. The van der Waals surface area contributed by atoms with Crippen LogP contribution in [0.2, 0.25) is 0 Å². The fraction of sp³-hybridized carbons (Fsp3) is 0.348. The predicted octanol–water partition coefficient (Wildman–Crippen LogP) is 4.93. The molecule has 1 aliphatic rings. The Kier molecular flexibility index (Phi) is 7.56. The third-order valence-electron chi connectivity index (χ3n) is 5.05. The van der Waals surface area contributed by atoms with Gasteiger partial charge in [-0.05, 0) is 49.4 Å². The molecule has 0 bridgehead atoms. The molecule has 1 N–H and O–H groups in total. The minimum atomic E-state index is 0.0493. The first-order chi connectivity index (χ1) is 15.3. The molecule has 0 spiro atoms. The number of nitrogens with zero attached hydrogens (tertiary/aromatic N) is 3. The number of carbonyl (C=O) groups excluding carboxylic acids is 1. The minimum absolute atomic E-state index is 0.0493. The van der Waals surface area contributed by atoms with E-state index in [-0.39, 0.29) is 5.91 Å². The van der Waals surface area contributed by atoms with Crippen LogP contribution in [0.5, 0.6) is 0 Å². The monoisotopic (exact) mass is 454 g/mol. The number of fused-ring (bicyclic) bond motifs is 2. The average Bonchev–Trinajstić information content (AvgIpc) is 3.18. The number of hydrogen-bond acceptors (Lipinski definition) is 7. The molecule has 1 amide bonds. The summed E-state index contributed by atoms with van der Waals surface area (Å²) in [6.45, 7) is 4.25. The summed E-state index contributed by atoms with van der Waals surface area (Å²) < 4.78 is 6.13. The number of nitrogens with one attached hydrogen (secondary N) is 1. The highest BCUT2D eigenvalue weighted by molar-refractivity contribution is 8.01. The van der Waals surface area contributed by atoms with Crippen LogP contribution in [-0.4, -0.2) is 41.6 Å². The number of anilines is 3. The van der Waals surface area contributed by atoms with Crippen molar-refractivity contribution in [3.05, 3.63) is 59.7 Å². The van der Waals surface area contributed by atoms with Gasteiger partial charge < -0.3 is 10.1 Å². The summed E-state index contributed by atoms with van der Waals surface area (Å²) >= 11 is 2.91. The van der Waals surface area contributed by atoms with E-state index in [0.717, 1.165) is 59.9 Å². The van der Waals surface area contributed by atoms with Crippen molar-refractivity contribution >= 4 is 45.5 Å². The van der Waals surface area contributed by atoms with Crippen LogP contribution in [0.1, 0.15) is 24.5 Å². The highest BCUT2D eigenvalue weighted by Gasteiger charge is 2.25. The molecule has 4 rings (SSSR count). The molecule has 0 fully saturated rings. The van der Waals surface area contributed by atoms with Gasteiger partial charge in [0.15, 0.2) is 4.34 Å². The molecule has 1 aliphatic heterocycles. The number of hydrogen-bond donors (Lipinski definition) is 1. The summed E-state index contributed by atoms with van der Waals surface area (Å²) in [6.07, 6.45) is 2.78. The zero-order chi connectivity index (χ0) is 21.5. The zero-order valence-electron chi connectivity index (χ0n) is 17.5. The van der Waals surface area contributed by atoms with E-state index in [0.29, 0.717) is 5.75 Å². The second kappa shape index (κ2) is 10.7. The molecule has 0 saturated heterocycles. The van der Waals surface area contributed by atoms with E-state index in [4.69, 9.17) is 4.74 Å². The maximum absolute atomic E-state index is 13.4. The fourth-order valence-electron chi connectivity index (χ4n) is 3.59. The van der Waals surface area contributed by atoms with E-state index >= 15 is 0 Å². The quantitative estimate of drug-likeness (QED) is 0.365. The molecule has 3 aromatic rings. The molecule has 6 nitrogen and oxygen atoms in total. The summed E-state index contributed by atoms with van der Waals surface area (Å²) in [5.74, 6) is 0.356. The van der Waals surface area contributed by atoms with Crippen molar-refractivity contribution in [1.82, 2.24) is 10.2 Å². The molecular formula is C23H26N4O2S2. The largest absolute Gasteiger partial charge is 0.382 e. The molecule has 0 atom stereocenters. The van der Waals surface area contributed by atoms with E-state index < -0.39 is 0 Å². The van der Waals surface area contributed by atoms with Gasteiger partial charge in [-0.15, -0.1) is 10.2 Å². The summed E-state index contributed by atoms with van der Waals surface area (Å²) in [5.41, 5.74) is 4.36. The van der Waals surface area contributed by atoms with Crippen LogP contribution in [0.25, 0.3) is 0 Å². The van der Waals surface area contributed by atoms with Gasteiger partial charge in [0.25, 0.3) is 0 Å². The first-order valence-corrected chi connectivity index (χ1v) is 12.3. The number of benzene rings is 2. The Morgan fingerprint density at radius 2 is 1.77 bits per heavy atom. The summed E-state index contributed by atoms with van der Waals surface area (Å²) in [5, 5.41) is 12.4. The van der Waals surface area contributed by atoms with E-state index in [1.165, 1.54) is 34.2 Å². The number of rotatable bonds is 9. The van der Waals surface area contributed by atoms with Gasteiger partial charge in [0, 0.05) is 19.8 Å². The molecule has 162 valence electrons. The second-order valence-corrected chi connectivity index (χ2v) is 9.33. The summed E-state index contributed by atoms with van der Waals surface area (Å²) in [6, 6.07) is 16.4. The number of thioether (sulfide) groups is 1. The SMILES string of the molecule is CCOCCCNc1nnc(SCC(=O)N2c3ccccc3CCc3ccccc32)s1. The van der Waals surface area contributed by atoms with Crippen molar-refractivity contribution in [2.75, 3.05) is 35.7 Å². The molecule has 1 aromatic heterocycles. The lowest BCUT2D eigenvalue weighted by molar-refractivity contribution is -0.115. The van der Waals surface area contributed by atoms with Crippen LogP contribution in [-0.2, 0) is 22.4 Å². The number of ether oxygens (including phenoxy) is 1. The summed E-state index contributed by atoms with van der Waals surface area (Å²) in [7, 11) is 0. The average molecular weight is 455 g/mol. The number of carbonyl (C=O) groups is 1. The van der Waals surface area contributed by atoms with E-state index in [1.807, 2.05) is 48.2 Å². The Hall–Kier alpha value is -2.42. The maximum atomic E-state index is 13.4. The Labute approximate surface area is 191 Å². The highest BCUT2D eigenvalue weighted by Crippen LogP contribution is 2.37. The molecule has 0 unspecified atom stereocenters. The van der Waals surface area contributed by atoms with Crippen LogP contribution in [0, 0.1) is 0 Å². The van der Waals surface area contributed by atoms with Crippen LogP contribution >= 0.6 is 23.1 Å². The van der Waals surface area contributed by atoms with Gasteiger partial charge in [0.05, 0.1) is 17.1 Å². The number of para-hydroxylation sites is 2. The van der Waals surface area contributed by atoms with Crippen LogP contribution < -0.4 is 10.2 Å². The third-order valence-corrected chi connectivity index (χ3v) is 7.05. The van der Waals surface area contributed by atoms with Crippen molar-refractivity contribution in [2.45, 2.75) is 30.5 Å². The number of aryl methyl sites for hydroxylation is 2. The lowest BCUT2D eigenvalue weighted by atomic mass is 10.0. The number of aromatic nitrogens is 2.